The molecule has 1 aliphatic carbocycles. The zero-order valence-electron chi connectivity index (χ0n) is 21.9. The molecule has 2 N–H and O–H groups in total. The van der Waals surface area contributed by atoms with Crippen LogP contribution in [0.4, 0.5) is 14.6 Å². The van der Waals surface area contributed by atoms with Gasteiger partial charge in [-0.3, -0.25) is 14.4 Å². The van der Waals surface area contributed by atoms with Gasteiger partial charge in [-0.2, -0.15) is 5.10 Å². The maximum atomic E-state index is 14.8. The molecule has 1 aromatic heterocycles. The van der Waals surface area contributed by atoms with Crippen LogP contribution in [0.1, 0.15) is 37.7 Å². The van der Waals surface area contributed by atoms with Crippen LogP contribution in [0.2, 0.25) is 0 Å². The van der Waals surface area contributed by atoms with Crippen molar-refractivity contribution in [3.63, 3.8) is 0 Å². The zero-order valence-corrected chi connectivity index (χ0v) is 22.6. The molecule has 2 amide bonds. The molecule has 2 heterocycles. The van der Waals surface area contributed by atoms with Crippen molar-refractivity contribution in [2.75, 3.05) is 24.5 Å². The zero-order chi connectivity index (χ0) is 28.1. The highest BCUT2D eigenvalue weighted by Gasteiger charge is 2.40. The molecule has 1 aromatic carbocycles. The number of hydrogen-bond donors (Lipinski definition) is 2. The van der Waals surface area contributed by atoms with E-state index in [9.17, 15) is 23.2 Å². The van der Waals surface area contributed by atoms with E-state index < -0.39 is 23.5 Å². The van der Waals surface area contributed by atoms with Crippen molar-refractivity contribution in [1.82, 2.24) is 20.4 Å². The van der Waals surface area contributed by atoms with Gasteiger partial charge in [0.05, 0.1) is 5.92 Å². The van der Waals surface area contributed by atoms with Gasteiger partial charge in [0.2, 0.25) is 11.8 Å². The Morgan fingerprint density at radius 2 is 2.00 bits per heavy atom. The van der Waals surface area contributed by atoms with Crippen LogP contribution >= 0.6 is 11.6 Å². The molecule has 1 fully saturated rings. The van der Waals surface area contributed by atoms with Gasteiger partial charge in [-0.15, -0.1) is 0 Å². The summed E-state index contributed by atoms with van der Waals surface area (Å²) in [6.07, 6.45) is 7.72. The lowest BCUT2D eigenvalue weighted by Crippen LogP contribution is -2.40. The summed E-state index contributed by atoms with van der Waals surface area (Å²) in [5.41, 5.74) is -0.0147. The van der Waals surface area contributed by atoms with Crippen LogP contribution < -0.4 is 21.1 Å². The number of carbonyl (C=O) groups excluding carboxylic acids is 2. The monoisotopic (exact) mass is 559 g/mol. The fourth-order valence-corrected chi connectivity index (χ4v) is 5.42. The largest absolute Gasteiger partial charge is 0.356 e. The van der Waals surface area contributed by atoms with Crippen LogP contribution in [0.3, 0.4) is 0 Å². The number of aryl methyl sites for hydroxylation is 1. The molecule has 2 aromatic rings. The highest BCUT2D eigenvalue weighted by atomic mass is 35.5. The average molecular weight is 560 g/mol. The van der Waals surface area contributed by atoms with Crippen molar-refractivity contribution in [1.29, 1.82) is 0 Å². The summed E-state index contributed by atoms with van der Waals surface area (Å²) < 4.78 is 29.6. The number of anilines is 1. The Kier molecular flexibility index (Phi) is 9.16. The van der Waals surface area contributed by atoms with Crippen molar-refractivity contribution in [3.8, 4) is 0 Å². The van der Waals surface area contributed by atoms with Gasteiger partial charge in [0.1, 0.15) is 17.5 Å². The summed E-state index contributed by atoms with van der Waals surface area (Å²) in [7, 11) is 1.53. The topological polar surface area (TPSA) is 96.3 Å². The molecule has 2 aliphatic rings. The Bertz CT molecular complexity index is 1340. The first-order valence-corrected chi connectivity index (χ1v) is 13.3. The quantitative estimate of drug-likeness (QED) is 0.459. The molecule has 208 valence electrons. The molecule has 1 aliphatic heterocycles. The normalized spacial score (nSPS) is 21.4. The first-order chi connectivity index (χ1) is 18.6. The molecule has 4 rings (SSSR count). The van der Waals surface area contributed by atoms with Crippen LogP contribution in [0.5, 0.6) is 0 Å². The summed E-state index contributed by atoms with van der Waals surface area (Å²) in [6.45, 7) is 2.38. The number of allylic oxidation sites excluding steroid dienone is 3. The molecular formula is C28H32ClF2N5O3. The Hall–Kier alpha value is -3.53. The lowest BCUT2D eigenvalue weighted by Gasteiger charge is -2.26. The van der Waals surface area contributed by atoms with Gasteiger partial charge < -0.3 is 15.5 Å². The predicted molar refractivity (Wildman–Crippen MR) is 145 cm³/mol. The molecule has 8 nitrogen and oxygen atoms in total. The van der Waals surface area contributed by atoms with Gasteiger partial charge in [0.15, 0.2) is 0 Å². The van der Waals surface area contributed by atoms with Gasteiger partial charge in [-0.25, -0.2) is 13.5 Å². The second-order valence-electron chi connectivity index (χ2n) is 10.0. The van der Waals surface area contributed by atoms with E-state index in [4.69, 9.17) is 11.6 Å². The summed E-state index contributed by atoms with van der Waals surface area (Å²) in [5.74, 6) is -2.33. The Morgan fingerprint density at radius 3 is 2.67 bits per heavy atom. The summed E-state index contributed by atoms with van der Waals surface area (Å²) in [6, 6.07) is 6.25. The van der Waals surface area contributed by atoms with Crippen molar-refractivity contribution in [3.05, 3.63) is 81.1 Å². The Balaban J connectivity index is 1.43. The fourth-order valence-electron chi connectivity index (χ4n) is 5.26. The maximum absolute atomic E-state index is 14.8. The van der Waals surface area contributed by atoms with Crippen LogP contribution in [-0.2, 0) is 16.6 Å². The van der Waals surface area contributed by atoms with E-state index in [1.165, 1.54) is 36.9 Å². The van der Waals surface area contributed by atoms with Crippen LogP contribution in [0.25, 0.3) is 0 Å². The third-order valence-corrected chi connectivity index (χ3v) is 7.55. The van der Waals surface area contributed by atoms with E-state index in [0.29, 0.717) is 36.7 Å². The van der Waals surface area contributed by atoms with Gasteiger partial charge in [0.25, 0.3) is 5.56 Å². The molecular weight excluding hydrogens is 528 g/mol. The molecule has 0 bridgehead atoms. The number of rotatable bonds is 9. The van der Waals surface area contributed by atoms with Gasteiger partial charge in [-0.1, -0.05) is 29.8 Å². The molecule has 4 atom stereocenters. The van der Waals surface area contributed by atoms with E-state index in [0.717, 1.165) is 6.07 Å². The summed E-state index contributed by atoms with van der Waals surface area (Å²) in [5, 5.41) is 10.9. The minimum absolute atomic E-state index is 0.101. The van der Waals surface area contributed by atoms with E-state index in [1.807, 2.05) is 23.1 Å². The third-order valence-electron chi connectivity index (χ3n) is 7.27. The minimum atomic E-state index is -0.707. The maximum Gasteiger partial charge on any atom is 0.266 e. The molecule has 0 radical (unpaired) electrons. The molecule has 1 unspecified atom stereocenters. The number of nitrogens with zero attached hydrogens (tertiary/aromatic N) is 3. The van der Waals surface area contributed by atoms with Crippen LogP contribution in [0, 0.1) is 23.5 Å². The molecule has 11 heteroatoms. The van der Waals surface area contributed by atoms with E-state index in [-0.39, 0.29) is 48.0 Å². The van der Waals surface area contributed by atoms with Crippen LogP contribution in [-0.4, -0.2) is 47.3 Å². The number of halogens is 3. The first-order valence-electron chi connectivity index (χ1n) is 13.0. The Labute approximate surface area is 230 Å². The minimum Gasteiger partial charge on any atom is -0.356 e. The number of amides is 2. The highest BCUT2D eigenvalue weighted by molar-refractivity contribution is 6.31. The number of nitrogens with one attached hydrogen (secondary N) is 2. The molecule has 1 saturated heterocycles. The number of hydrogen-bond acceptors (Lipinski definition) is 5. The van der Waals surface area contributed by atoms with Crippen molar-refractivity contribution < 1.29 is 18.4 Å². The fraction of sp³-hybridized carbons (Fsp3) is 0.429. The van der Waals surface area contributed by atoms with Crippen molar-refractivity contribution in [2.24, 2.45) is 18.9 Å². The number of aromatic nitrogens is 2. The third kappa shape index (κ3) is 7.11. The molecule has 39 heavy (non-hydrogen) atoms. The summed E-state index contributed by atoms with van der Waals surface area (Å²) in [4.78, 5) is 38.7. The SMILES string of the molecule is CC(=O)N[C@@H](CCCNC(=O)[C@@H]1CN(c2ccc(=O)n(C)n2)C[C@H]1c1ccc(F)cc1F)C1C=CC(Cl)=CC1. The van der Waals surface area contributed by atoms with E-state index >= 15 is 0 Å². The van der Waals surface area contributed by atoms with Crippen molar-refractivity contribution in [2.45, 2.75) is 38.1 Å². The van der Waals surface area contributed by atoms with E-state index in [1.54, 1.807) is 6.07 Å². The average Bonchev–Trinajstić information content (AvgIpc) is 3.33. The number of benzene rings is 1. The highest BCUT2D eigenvalue weighted by Crippen LogP contribution is 2.36. The van der Waals surface area contributed by atoms with Crippen molar-refractivity contribution >= 4 is 29.2 Å². The lowest BCUT2D eigenvalue weighted by molar-refractivity contribution is -0.125. The van der Waals surface area contributed by atoms with E-state index in [2.05, 4.69) is 15.7 Å². The second-order valence-corrected chi connectivity index (χ2v) is 10.5. The predicted octanol–water partition coefficient (Wildman–Crippen LogP) is 3.38. The van der Waals surface area contributed by atoms with Crippen LogP contribution in [0.15, 0.2) is 58.4 Å². The van der Waals surface area contributed by atoms with Gasteiger partial charge >= 0.3 is 0 Å². The molecule has 0 spiro atoms. The van der Waals surface area contributed by atoms with Gasteiger partial charge in [0, 0.05) is 68.6 Å². The second kappa shape index (κ2) is 12.5. The Morgan fingerprint density at radius 1 is 1.21 bits per heavy atom. The number of carbonyl (C=O) groups is 2. The summed E-state index contributed by atoms with van der Waals surface area (Å²) >= 11 is 6.03. The standard InChI is InChI=1S/C28H32ClF2N5O3/c1-17(37)33-25(18-5-7-19(29)8-6-18)4-3-13-32-28(39)23-16-36(26-11-12-27(38)35(2)34-26)15-22(23)21-10-9-20(30)14-24(21)31/h5,7-12,14,18,22-23,25H,3-4,6,13,15-16H2,1-2H3,(H,32,39)(H,33,37)/t18?,22-,23+,25-/m0/s1. The molecule has 0 saturated carbocycles. The van der Waals surface area contributed by atoms with Gasteiger partial charge in [-0.05, 0) is 43.0 Å². The first kappa shape index (κ1) is 28.5. The smallest absolute Gasteiger partial charge is 0.266 e. The lowest BCUT2D eigenvalue weighted by atomic mass is 9.87.